The summed E-state index contributed by atoms with van der Waals surface area (Å²) in [7, 11) is 0. The van der Waals surface area contributed by atoms with E-state index in [1.165, 1.54) is 5.56 Å². The lowest BCUT2D eigenvalue weighted by Crippen LogP contribution is -2.48. The molecule has 1 aromatic carbocycles. The predicted octanol–water partition coefficient (Wildman–Crippen LogP) is 4.72. The van der Waals surface area contributed by atoms with Crippen molar-refractivity contribution in [3.8, 4) is 0 Å². The molecule has 2 heterocycles. The van der Waals surface area contributed by atoms with Crippen LogP contribution in [0.1, 0.15) is 55.8 Å². The summed E-state index contributed by atoms with van der Waals surface area (Å²) < 4.78 is 5.64. The van der Waals surface area contributed by atoms with Crippen LogP contribution in [0.4, 0.5) is 0 Å². The van der Waals surface area contributed by atoms with Crippen molar-refractivity contribution in [1.82, 2.24) is 15.6 Å². The third-order valence-electron chi connectivity index (χ3n) is 5.37. The van der Waals surface area contributed by atoms with Crippen molar-refractivity contribution in [1.29, 1.82) is 0 Å². The summed E-state index contributed by atoms with van der Waals surface area (Å²) >= 11 is 8.25. The summed E-state index contributed by atoms with van der Waals surface area (Å²) in [5.74, 6) is 1.26. The van der Waals surface area contributed by atoms with Gasteiger partial charge < -0.3 is 15.4 Å². The fraction of sp³-hybridized carbons (Fsp3) is 0.545. The molecule has 7 heteroatoms. The molecule has 2 N–H and O–H groups in total. The molecule has 1 saturated heterocycles. The number of aliphatic imine (C=N–C) groups is 1. The number of aromatic nitrogens is 1. The molecule has 1 fully saturated rings. The molecular weight excluding hydrogens is 404 g/mol. The summed E-state index contributed by atoms with van der Waals surface area (Å²) in [6.07, 6.45) is 1.88. The van der Waals surface area contributed by atoms with Crippen LogP contribution in [0, 0.1) is 0 Å². The molecular formula is C22H31ClN4OS. The Kier molecular flexibility index (Phi) is 7.92. The van der Waals surface area contributed by atoms with Gasteiger partial charge in [-0.15, -0.1) is 11.3 Å². The molecule has 0 spiro atoms. The fourth-order valence-corrected chi connectivity index (χ4v) is 4.81. The second-order valence-electron chi connectivity index (χ2n) is 7.74. The Morgan fingerprint density at radius 3 is 2.69 bits per heavy atom. The van der Waals surface area contributed by atoms with Crippen molar-refractivity contribution in [2.45, 2.75) is 51.5 Å². The highest BCUT2D eigenvalue weighted by atomic mass is 35.5. The van der Waals surface area contributed by atoms with E-state index in [0.29, 0.717) is 12.5 Å². The van der Waals surface area contributed by atoms with Gasteiger partial charge in [0.1, 0.15) is 5.01 Å². The molecule has 0 aliphatic carbocycles. The van der Waals surface area contributed by atoms with Gasteiger partial charge in [0.05, 0.1) is 12.2 Å². The Hall–Kier alpha value is -1.63. The third-order valence-corrected chi connectivity index (χ3v) is 6.55. The van der Waals surface area contributed by atoms with Crippen LogP contribution in [0.15, 0.2) is 34.6 Å². The van der Waals surface area contributed by atoms with Crippen LogP contribution in [-0.4, -0.2) is 37.2 Å². The maximum Gasteiger partial charge on any atom is 0.191 e. The Balaban J connectivity index is 1.73. The highest BCUT2D eigenvalue weighted by Crippen LogP contribution is 2.38. The quantitative estimate of drug-likeness (QED) is 0.488. The second kappa shape index (κ2) is 10.4. The summed E-state index contributed by atoms with van der Waals surface area (Å²) in [6.45, 7) is 10.1. The van der Waals surface area contributed by atoms with Crippen LogP contribution in [0.3, 0.4) is 0 Å². The lowest BCUT2D eigenvalue weighted by molar-refractivity contribution is 0.0514. The minimum absolute atomic E-state index is 0.0568. The zero-order valence-corrected chi connectivity index (χ0v) is 19.1. The molecule has 0 saturated carbocycles. The molecule has 1 aromatic heterocycles. The van der Waals surface area contributed by atoms with Crippen molar-refractivity contribution >= 4 is 28.9 Å². The van der Waals surface area contributed by atoms with Gasteiger partial charge in [0.15, 0.2) is 5.96 Å². The van der Waals surface area contributed by atoms with E-state index < -0.39 is 0 Å². The van der Waals surface area contributed by atoms with Crippen LogP contribution >= 0.6 is 22.9 Å². The molecule has 1 aliphatic heterocycles. The zero-order valence-electron chi connectivity index (χ0n) is 17.5. The summed E-state index contributed by atoms with van der Waals surface area (Å²) in [5.41, 5.74) is 2.27. The molecule has 0 amide bonds. The maximum absolute atomic E-state index is 6.57. The lowest BCUT2D eigenvalue weighted by Gasteiger charge is -2.38. The van der Waals surface area contributed by atoms with Gasteiger partial charge in [-0.1, -0.05) is 43.6 Å². The number of rotatable bonds is 7. The van der Waals surface area contributed by atoms with Gasteiger partial charge in [-0.2, -0.15) is 0 Å². The first-order valence-electron chi connectivity index (χ1n) is 10.3. The van der Waals surface area contributed by atoms with Gasteiger partial charge in [0.25, 0.3) is 0 Å². The lowest BCUT2D eigenvalue weighted by atomic mass is 9.74. The summed E-state index contributed by atoms with van der Waals surface area (Å²) in [5, 5.41) is 10.9. The zero-order chi connectivity index (χ0) is 20.7. The van der Waals surface area contributed by atoms with E-state index >= 15 is 0 Å². The first-order chi connectivity index (χ1) is 14.0. The SMILES string of the molecule is CCNC(=NCc1nc(C(C)C)cs1)NCC1(c2ccccc2Cl)CCOCC1. The monoisotopic (exact) mass is 434 g/mol. The third kappa shape index (κ3) is 5.71. The highest BCUT2D eigenvalue weighted by molar-refractivity contribution is 7.09. The number of ether oxygens (including phenoxy) is 1. The number of nitrogens with one attached hydrogen (secondary N) is 2. The molecule has 5 nitrogen and oxygen atoms in total. The van der Waals surface area contributed by atoms with Gasteiger partial charge >= 0.3 is 0 Å². The fourth-order valence-electron chi connectivity index (χ4n) is 3.60. The van der Waals surface area contributed by atoms with Crippen molar-refractivity contribution < 1.29 is 4.74 Å². The molecule has 0 atom stereocenters. The van der Waals surface area contributed by atoms with Crippen molar-refractivity contribution in [3.05, 3.63) is 50.9 Å². The van der Waals surface area contributed by atoms with Gasteiger partial charge in [-0.05, 0) is 37.3 Å². The average molecular weight is 435 g/mol. The van der Waals surface area contributed by atoms with E-state index in [2.05, 4.69) is 53.9 Å². The Morgan fingerprint density at radius 1 is 1.28 bits per heavy atom. The molecule has 0 radical (unpaired) electrons. The number of thiazole rings is 1. The van der Waals surface area contributed by atoms with Crippen molar-refractivity contribution in [3.63, 3.8) is 0 Å². The van der Waals surface area contributed by atoms with Gasteiger partial charge in [-0.25, -0.2) is 9.98 Å². The Labute approximate surface area is 182 Å². The van der Waals surface area contributed by atoms with Crippen LogP contribution < -0.4 is 10.6 Å². The number of guanidine groups is 1. The number of nitrogens with zero attached hydrogens (tertiary/aromatic N) is 2. The number of hydrogen-bond acceptors (Lipinski definition) is 4. The highest BCUT2D eigenvalue weighted by Gasteiger charge is 2.36. The van der Waals surface area contributed by atoms with Crippen LogP contribution in [0.5, 0.6) is 0 Å². The molecule has 3 rings (SSSR count). The van der Waals surface area contributed by atoms with E-state index in [9.17, 15) is 0 Å². The summed E-state index contributed by atoms with van der Waals surface area (Å²) in [4.78, 5) is 9.45. The van der Waals surface area contributed by atoms with Crippen molar-refractivity contribution in [2.24, 2.45) is 4.99 Å². The Morgan fingerprint density at radius 2 is 2.03 bits per heavy atom. The molecule has 1 aliphatic rings. The topological polar surface area (TPSA) is 58.5 Å². The number of hydrogen-bond donors (Lipinski definition) is 2. The average Bonchev–Trinajstić information content (AvgIpc) is 3.20. The standard InChI is InChI=1S/C22H31ClN4OS/c1-4-24-21(25-13-20-27-19(14-29-20)16(2)3)26-15-22(9-11-28-12-10-22)17-7-5-6-8-18(17)23/h5-8,14,16H,4,9-13,15H2,1-3H3,(H2,24,25,26). The van der Waals surface area contributed by atoms with Crippen LogP contribution in [0.25, 0.3) is 0 Å². The first-order valence-corrected chi connectivity index (χ1v) is 11.6. The maximum atomic E-state index is 6.57. The number of benzene rings is 1. The minimum Gasteiger partial charge on any atom is -0.381 e. The van der Waals surface area contributed by atoms with E-state index in [1.807, 2.05) is 12.1 Å². The van der Waals surface area contributed by atoms with E-state index in [0.717, 1.165) is 60.8 Å². The van der Waals surface area contributed by atoms with Crippen LogP contribution in [0.2, 0.25) is 5.02 Å². The second-order valence-corrected chi connectivity index (χ2v) is 9.09. The molecule has 2 aromatic rings. The Bertz CT molecular complexity index is 815. The predicted molar refractivity (Wildman–Crippen MR) is 122 cm³/mol. The van der Waals surface area contributed by atoms with Gasteiger partial charge in [-0.3, -0.25) is 0 Å². The largest absolute Gasteiger partial charge is 0.381 e. The van der Waals surface area contributed by atoms with E-state index in [1.54, 1.807) is 11.3 Å². The minimum atomic E-state index is -0.0568. The van der Waals surface area contributed by atoms with Gasteiger partial charge in [0, 0.05) is 42.1 Å². The molecule has 29 heavy (non-hydrogen) atoms. The van der Waals surface area contributed by atoms with Crippen molar-refractivity contribution in [2.75, 3.05) is 26.3 Å². The summed E-state index contributed by atoms with van der Waals surface area (Å²) in [6, 6.07) is 8.16. The van der Waals surface area contributed by atoms with Gasteiger partial charge in [0.2, 0.25) is 0 Å². The molecule has 0 unspecified atom stereocenters. The first kappa shape index (κ1) is 22.1. The van der Waals surface area contributed by atoms with Crippen LogP contribution in [-0.2, 0) is 16.7 Å². The van der Waals surface area contributed by atoms with E-state index in [4.69, 9.17) is 21.3 Å². The molecule has 0 bridgehead atoms. The van der Waals surface area contributed by atoms with E-state index in [-0.39, 0.29) is 5.41 Å². The normalized spacial score (nSPS) is 16.8. The number of halogens is 1. The smallest absolute Gasteiger partial charge is 0.191 e. The molecule has 158 valence electrons.